The molecule has 0 aliphatic carbocycles. The first-order chi connectivity index (χ1) is 24.9. The van der Waals surface area contributed by atoms with Crippen LogP contribution >= 0.6 is 22.6 Å². The molecule has 2 aliphatic rings. The van der Waals surface area contributed by atoms with Gasteiger partial charge in [-0.05, 0) is 137 Å². The summed E-state index contributed by atoms with van der Waals surface area (Å²) in [6.45, 7) is 4.24. The highest BCUT2D eigenvalue weighted by atomic mass is 127. The molecule has 7 aromatic rings. The molecule has 9 rings (SSSR count). The number of fused-ring (bicyclic) bond motifs is 8. The van der Waals surface area contributed by atoms with Crippen molar-refractivity contribution in [3.63, 3.8) is 0 Å². The number of benzene rings is 4. The number of aromatic amines is 2. The standard InChI is InChI=1S/C46H33IN4/c1-28-6-10-31(11-7-28)44-38-20-18-36(48-38)27-37-19-21-39(49-37)45(32-12-8-29(2)9-13-32)41-23-25-43(51-41)46(42-24-22-40(44)50-42)34-5-3-4-33(26-34)30-14-16-35(47)17-15-30/h3-27,48,51H,1-2H3. The molecule has 2 aliphatic heterocycles. The van der Waals surface area contributed by atoms with Crippen molar-refractivity contribution in [1.82, 2.24) is 19.9 Å². The lowest BCUT2D eigenvalue weighted by molar-refractivity contribution is 1.31. The van der Waals surface area contributed by atoms with Crippen LogP contribution in [0.2, 0.25) is 0 Å². The van der Waals surface area contributed by atoms with Crippen molar-refractivity contribution < 1.29 is 0 Å². The summed E-state index contributed by atoms with van der Waals surface area (Å²) in [5.41, 5.74) is 18.8. The Morgan fingerprint density at radius 3 is 1.59 bits per heavy atom. The van der Waals surface area contributed by atoms with E-state index in [1.165, 1.54) is 20.3 Å². The number of nitrogens with one attached hydrogen (secondary N) is 2. The molecular formula is C46H33IN4. The number of aryl methyl sites for hydroxylation is 2. The van der Waals surface area contributed by atoms with E-state index in [-0.39, 0.29) is 0 Å². The van der Waals surface area contributed by atoms with Crippen molar-refractivity contribution in [2.24, 2.45) is 0 Å². The van der Waals surface area contributed by atoms with Crippen LogP contribution in [0.15, 0.2) is 127 Å². The summed E-state index contributed by atoms with van der Waals surface area (Å²) in [6.07, 6.45) is 8.51. The Morgan fingerprint density at radius 2 is 0.941 bits per heavy atom. The fourth-order valence-corrected chi connectivity index (χ4v) is 7.35. The summed E-state index contributed by atoms with van der Waals surface area (Å²) in [6, 6.07) is 45.6. The van der Waals surface area contributed by atoms with Crippen LogP contribution in [0, 0.1) is 17.4 Å². The van der Waals surface area contributed by atoms with Gasteiger partial charge in [-0.25, -0.2) is 9.97 Å². The van der Waals surface area contributed by atoms with E-state index in [0.29, 0.717) is 0 Å². The molecule has 2 N–H and O–H groups in total. The lowest BCUT2D eigenvalue weighted by atomic mass is 9.98. The second-order valence-electron chi connectivity index (χ2n) is 13.2. The second-order valence-corrected chi connectivity index (χ2v) is 14.4. The van der Waals surface area contributed by atoms with Crippen LogP contribution in [-0.4, -0.2) is 19.9 Å². The second kappa shape index (κ2) is 12.8. The van der Waals surface area contributed by atoms with Gasteiger partial charge in [-0.15, -0.1) is 0 Å². The quantitative estimate of drug-likeness (QED) is 0.175. The monoisotopic (exact) mass is 768 g/mol. The van der Waals surface area contributed by atoms with Gasteiger partial charge in [-0.3, -0.25) is 0 Å². The van der Waals surface area contributed by atoms with Crippen LogP contribution in [0.1, 0.15) is 33.9 Å². The molecule has 0 amide bonds. The molecular weight excluding hydrogens is 735 g/mol. The Kier molecular flexibility index (Phi) is 7.85. The summed E-state index contributed by atoms with van der Waals surface area (Å²) < 4.78 is 1.21. The van der Waals surface area contributed by atoms with E-state index in [1.54, 1.807) is 0 Å². The van der Waals surface area contributed by atoms with E-state index in [1.807, 2.05) is 0 Å². The maximum absolute atomic E-state index is 5.41. The van der Waals surface area contributed by atoms with Crippen LogP contribution in [0.25, 0.3) is 90.9 Å². The lowest BCUT2D eigenvalue weighted by Crippen LogP contribution is -1.89. The predicted octanol–water partition coefficient (Wildman–Crippen LogP) is 12.5. The van der Waals surface area contributed by atoms with Crippen molar-refractivity contribution >= 4 is 69.0 Å². The third-order valence-electron chi connectivity index (χ3n) is 9.59. The minimum atomic E-state index is 0.896. The molecule has 0 fully saturated rings. The maximum atomic E-state index is 5.41. The Balaban J connectivity index is 1.40. The van der Waals surface area contributed by atoms with Gasteiger partial charge in [0.2, 0.25) is 0 Å². The molecule has 5 heterocycles. The van der Waals surface area contributed by atoms with Gasteiger partial charge in [-0.1, -0.05) is 90.0 Å². The number of hydrogen-bond donors (Lipinski definition) is 2. The van der Waals surface area contributed by atoms with Crippen molar-refractivity contribution in [2.45, 2.75) is 13.8 Å². The van der Waals surface area contributed by atoms with E-state index in [0.717, 1.165) is 83.8 Å². The summed E-state index contributed by atoms with van der Waals surface area (Å²) in [7, 11) is 0. The topological polar surface area (TPSA) is 57.4 Å². The van der Waals surface area contributed by atoms with Crippen LogP contribution < -0.4 is 0 Å². The average Bonchev–Trinajstić information content (AvgIpc) is 3.98. The molecule has 5 heteroatoms. The Morgan fingerprint density at radius 1 is 0.431 bits per heavy atom. The predicted molar refractivity (Wildman–Crippen MR) is 223 cm³/mol. The summed E-state index contributed by atoms with van der Waals surface area (Å²) >= 11 is 2.36. The van der Waals surface area contributed by atoms with Gasteiger partial charge in [0.15, 0.2) is 0 Å². The fourth-order valence-electron chi connectivity index (χ4n) is 6.99. The van der Waals surface area contributed by atoms with Gasteiger partial charge in [0.25, 0.3) is 0 Å². The van der Waals surface area contributed by atoms with E-state index < -0.39 is 0 Å². The molecule has 8 bridgehead atoms. The zero-order valence-corrected chi connectivity index (χ0v) is 30.4. The molecule has 0 saturated heterocycles. The van der Waals surface area contributed by atoms with Gasteiger partial charge >= 0.3 is 0 Å². The minimum Gasteiger partial charge on any atom is -0.355 e. The molecule has 0 atom stereocenters. The van der Waals surface area contributed by atoms with Crippen LogP contribution in [-0.2, 0) is 0 Å². The van der Waals surface area contributed by atoms with Gasteiger partial charge in [0, 0.05) is 42.3 Å². The van der Waals surface area contributed by atoms with E-state index in [4.69, 9.17) is 9.97 Å². The van der Waals surface area contributed by atoms with Gasteiger partial charge in [-0.2, -0.15) is 0 Å². The molecule has 0 spiro atoms. The van der Waals surface area contributed by atoms with E-state index in [2.05, 4.69) is 198 Å². The van der Waals surface area contributed by atoms with Crippen molar-refractivity contribution in [1.29, 1.82) is 0 Å². The minimum absolute atomic E-state index is 0.896. The molecule has 0 saturated carbocycles. The molecule has 4 aromatic carbocycles. The number of hydrogen-bond acceptors (Lipinski definition) is 2. The largest absolute Gasteiger partial charge is 0.355 e. The maximum Gasteiger partial charge on any atom is 0.0737 e. The first-order valence-electron chi connectivity index (χ1n) is 17.1. The molecule has 4 nitrogen and oxygen atoms in total. The van der Waals surface area contributed by atoms with Gasteiger partial charge < -0.3 is 9.97 Å². The molecule has 51 heavy (non-hydrogen) atoms. The number of nitrogens with zero attached hydrogens (tertiary/aromatic N) is 2. The molecule has 0 radical (unpaired) electrons. The Bertz CT molecular complexity index is 2650. The normalized spacial score (nSPS) is 12.1. The number of rotatable bonds is 4. The zero-order valence-electron chi connectivity index (χ0n) is 28.2. The summed E-state index contributed by atoms with van der Waals surface area (Å²) in [5.74, 6) is 0. The first kappa shape index (κ1) is 31.2. The molecule has 244 valence electrons. The summed E-state index contributed by atoms with van der Waals surface area (Å²) in [4.78, 5) is 18.1. The average molecular weight is 769 g/mol. The highest BCUT2D eigenvalue weighted by Gasteiger charge is 2.17. The van der Waals surface area contributed by atoms with Crippen LogP contribution in [0.5, 0.6) is 0 Å². The number of halogens is 1. The molecule has 3 aromatic heterocycles. The smallest absolute Gasteiger partial charge is 0.0737 e. The van der Waals surface area contributed by atoms with E-state index in [9.17, 15) is 0 Å². The Hall–Kier alpha value is -5.79. The van der Waals surface area contributed by atoms with Crippen LogP contribution in [0.3, 0.4) is 0 Å². The number of aromatic nitrogens is 4. The zero-order chi connectivity index (χ0) is 34.5. The van der Waals surface area contributed by atoms with Crippen LogP contribution in [0.4, 0.5) is 0 Å². The lowest BCUT2D eigenvalue weighted by Gasteiger charge is -2.09. The van der Waals surface area contributed by atoms with Gasteiger partial charge in [0.05, 0.1) is 22.8 Å². The highest BCUT2D eigenvalue weighted by molar-refractivity contribution is 14.1. The van der Waals surface area contributed by atoms with Crippen molar-refractivity contribution in [3.8, 4) is 44.5 Å². The highest BCUT2D eigenvalue weighted by Crippen LogP contribution is 2.37. The van der Waals surface area contributed by atoms with Crippen molar-refractivity contribution in [2.75, 3.05) is 0 Å². The van der Waals surface area contributed by atoms with Gasteiger partial charge in [0.1, 0.15) is 0 Å². The third kappa shape index (κ3) is 6.04. The number of H-pyrrole nitrogens is 2. The summed E-state index contributed by atoms with van der Waals surface area (Å²) in [5, 5.41) is 0. The fraction of sp³-hybridized carbons (Fsp3) is 0.0435. The Labute approximate surface area is 310 Å². The SMILES string of the molecule is Cc1ccc(-c2c3nc(c(-c4cccc(-c5ccc(I)cc5)c4)c4ccc([nH]4)c(-c4ccc(C)cc4)c4nc(cc5ccc2[nH]5)C=C4)C=C3)cc1. The molecule has 0 unspecified atom stereocenters. The third-order valence-corrected chi connectivity index (χ3v) is 10.3. The van der Waals surface area contributed by atoms with E-state index >= 15 is 0 Å². The first-order valence-corrected chi connectivity index (χ1v) is 18.2. The van der Waals surface area contributed by atoms with Crippen molar-refractivity contribution in [3.05, 3.63) is 165 Å².